The summed E-state index contributed by atoms with van der Waals surface area (Å²) in [5.74, 6) is -1.38. The summed E-state index contributed by atoms with van der Waals surface area (Å²) in [5.41, 5.74) is 6.92. The van der Waals surface area contributed by atoms with Crippen LogP contribution in [0.3, 0.4) is 0 Å². The van der Waals surface area contributed by atoms with E-state index in [2.05, 4.69) is 5.10 Å². The Labute approximate surface area is 131 Å². The summed E-state index contributed by atoms with van der Waals surface area (Å²) in [5, 5.41) is 13.2. The van der Waals surface area contributed by atoms with Gasteiger partial charge in [0.05, 0.1) is 17.1 Å². The second-order valence-electron chi connectivity index (χ2n) is 4.88. The average Bonchev–Trinajstić information content (AvgIpc) is 2.56. The molecule has 0 fully saturated rings. The number of aromatic carboxylic acids is 1. The van der Waals surface area contributed by atoms with Crippen LogP contribution in [0, 0.1) is 0 Å². The lowest BCUT2D eigenvalue weighted by atomic mass is 10.1. The first-order valence-corrected chi connectivity index (χ1v) is 6.86. The molecule has 0 amide bonds. The third kappa shape index (κ3) is 2.69. The molecule has 0 aliphatic heterocycles. The van der Waals surface area contributed by atoms with Crippen LogP contribution in [-0.2, 0) is 0 Å². The first-order chi connectivity index (χ1) is 11.1. The molecule has 3 rings (SSSR count). The summed E-state index contributed by atoms with van der Waals surface area (Å²) in [6.07, 6.45) is 0. The minimum Gasteiger partial charge on any atom is -0.476 e. The highest BCUT2D eigenvalue weighted by Crippen LogP contribution is 2.23. The van der Waals surface area contributed by atoms with Gasteiger partial charge in [-0.25, -0.2) is 9.48 Å². The van der Waals surface area contributed by atoms with Crippen LogP contribution in [-0.4, -0.2) is 20.9 Å². The molecule has 1 heterocycles. The van der Waals surface area contributed by atoms with Gasteiger partial charge in [0.2, 0.25) is 11.1 Å². The van der Waals surface area contributed by atoms with E-state index in [1.165, 1.54) is 10.7 Å². The van der Waals surface area contributed by atoms with Crippen molar-refractivity contribution in [2.75, 3.05) is 5.73 Å². The Morgan fingerprint density at radius 2 is 1.70 bits per heavy atom. The van der Waals surface area contributed by atoms with E-state index in [0.29, 0.717) is 17.1 Å². The SMILES string of the molecule is Nc1ccccc1-n1nc(C(=O)O)c(=O)cc1-c1ccccc1. The van der Waals surface area contributed by atoms with Gasteiger partial charge in [0.1, 0.15) is 0 Å². The van der Waals surface area contributed by atoms with Crippen LogP contribution < -0.4 is 11.2 Å². The number of hydrogen-bond donors (Lipinski definition) is 2. The summed E-state index contributed by atoms with van der Waals surface area (Å²) in [6, 6.07) is 17.3. The third-order valence-electron chi connectivity index (χ3n) is 3.37. The lowest BCUT2D eigenvalue weighted by Crippen LogP contribution is -2.22. The molecule has 0 radical (unpaired) electrons. The van der Waals surface area contributed by atoms with Crippen LogP contribution >= 0.6 is 0 Å². The number of carboxylic acid groups (broad SMARTS) is 1. The predicted octanol–water partition coefficient (Wildman–Crippen LogP) is 2.18. The zero-order valence-electron chi connectivity index (χ0n) is 12.0. The summed E-state index contributed by atoms with van der Waals surface area (Å²) >= 11 is 0. The maximum absolute atomic E-state index is 12.0. The van der Waals surface area contributed by atoms with Crippen LogP contribution in [0.2, 0.25) is 0 Å². The van der Waals surface area contributed by atoms with Gasteiger partial charge in [-0.1, -0.05) is 42.5 Å². The second-order valence-corrected chi connectivity index (χ2v) is 4.88. The van der Waals surface area contributed by atoms with Crippen molar-refractivity contribution in [1.29, 1.82) is 0 Å². The van der Waals surface area contributed by atoms with Gasteiger partial charge in [-0.3, -0.25) is 4.79 Å². The van der Waals surface area contributed by atoms with E-state index >= 15 is 0 Å². The zero-order chi connectivity index (χ0) is 16.4. The highest BCUT2D eigenvalue weighted by Gasteiger charge is 2.17. The van der Waals surface area contributed by atoms with E-state index in [-0.39, 0.29) is 0 Å². The number of nitrogens with zero attached hydrogens (tertiary/aromatic N) is 2. The molecule has 0 aliphatic rings. The number of nitrogens with two attached hydrogens (primary N) is 1. The average molecular weight is 307 g/mol. The number of benzene rings is 2. The van der Waals surface area contributed by atoms with Gasteiger partial charge in [0.15, 0.2) is 0 Å². The minimum atomic E-state index is -1.38. The minimum absolute atomic E-state index is 0.428. The molecule has 23 heavy (non-hydrogen) atoms. The van der Waals surface area contributed by atoms with E-state index in [1.54, 1.807) is 24.3 Å². The molecule has 0 spiro atoms. The van der Waals surface area contributed by atoms with Crippen LogP contribution in [0.4, 0.5) is 5.69 Å². The fourth-order valence-electron chi connectivity index (χ4n) is 2.28. The van der Waals surface area contributed by atoms with Gasteiger partial charge < -0.3 is 10.8 Å². The number of rotatable bonds is 3. The molecule has 6 heteroatoms. The predicted molar refractivity (Wildman–Crippen MR) is 86.6 cm³/mol. The number of anilines is 1. The highest BCUT2D eigenvalue weighted by molar-refractivity contribution is 5.85. The molecule has 0 bridgehead atoms. The zero-order valence-corrected chi connectivity index (χ0v) is 12.0. The molecule has 3 aromatic rings. The Kier molecular flexibility index (Phi) is 3.64. The van der Waals surface area contributed by atoms with Crippen molar-refractivity contribution in [2.24, 2.45) is 0 Å². The van der Waals surface area contributed by atoms with Gasteiger partial charge in [-0.15, -0.1) is 0 Å². The number of carbonyl (C=O) groups is 1. The fraction of sp³-hybridized carbons (Fsp3) is 0. The van der Waals surface area contributed by atoms with Crippen molar-refractivity contribution in [1.82, 2.24) is 9.78 Å². The monoisotopic (exact) mass is 307 g/mol. The van der Waals surface area contributed by atoms with Crippen molar-refractivity contribution in [3.8, 4) is 16.9 Å². The first-order valence-electron chi connectivity index (χ1n) is 6.86. The molecular weight excluding hydrogens is 294 g/mol. The Balaban J connectivity index is 2.36. The number of nitrogen functional groups attached to an aromatic ring is 1. The molecule has 1 aromatic heterocycles. The summed E-state index contributed by atoms with van der Waals surface area (Å²) in [6.45, 7) is 0. The fourth-order valence-corrected chi connectivity index (χ4v) is 2.28. The van der Waals surface area contributed by atoms with E-state index in [9.17, 15) is 9.59 Å². The number of carboxylic acids is 1. The molecular formula is C17H13N3O3. The van der Waals surface area contributed by atoms with Gasteiger partial charge in [0.25, 0.3) is 0 Å². The van der Waals surface area contributed by atoms with Crippen LogP contribution in [0.5, 0.6) is 0 Å². The summed E-state index contributed by atoms with van der Waals surface area (Å²) in [7, 11) is 0. The van der Waals surface area contributed by atoms with E-state index in [1.807, 2.05) is 30.3 Å². The quantitative estimate of drug-likeness (QED) is 0.723. The van der Waals surface area contributed by atoms with Crippen LogP contribution in [0.25, 0.3) is 16.9 Å². The molecule has 0 saturated heterocycles. The molecule has 114 valence electrons. The van der Waals surface area contributed by atoms with Crippen molar-refractivity contribution in [3.05, 3.63) is 76.6 Å². The Hall–Kier alpha value is -3.41. The molecule has 0 aliphatic carbocycles. The van der Waals surface area contributed by atoms with Gasteiger partial charge in [-0.2, -0.15) is 5.10 Å². The summed E-state index contributed by atoms with van der Waals surface area (Å²) < 4.78 is 1.38. The van der Waals surface area contributed by atoms with Crippen molar-refractivity contribution in [2.45, 2.75) is 0 Å². The second kappa shape index (κ2) is 5.76. The molecule has 0 unspecified atom stereocenters. The third-order valence-corrected chi connectivity index (χ3v) is 3.37. The molecule has 0 saturated carbocycles. The number of para-hydroxylation sites is 2. The Morgan fingerprint density at radius 3 is 2.35 bits per heavy atom. The molecule has 2 aromatic carbocycles. The van der Waals surface area contributed by atoms with Gasteiger partial charge >= 0.3 is 5.97 Å². The van der Waals surface area contributed by atoms with Crippen LogP contribution in [0.15, 0.2) is 65.5 Å². The molecule has 3 N–H and O–H groups in total. The maximum Gasteiger partial charge on any atom is 0.360 e. The molecule has 6 nitrogen and oxygen atoms in total. The number of hydrogen-bond acceptors (Lipinski definition) is 4. The normalized spacial score (nSPS) is 10.4. The standard InChI is InChI=1S/C17H13N3O3/c18-12-8-4-5-9-13(12)20-14(11-6-2-1-3-7-11)10-15(21)16(19-20)17(22)23/h1-10H,18H2,(H,22,23). The molecule has 0 atom stereocenters. The maximum atomic E-state index is 12.0. The lowest BCUT2D eigenvalue weighted by Gasteiger charge is -2.14. The largest absolute Gasteiger partial charge is 0.476 e. The van der Waals surface area contributed by atoms with Crippen molar-refractivity contribution in [3.63, 3.8) is 0 Å². The first kappa shape index (κ1) is 14.5. The van der Waals surface area contributed by atoms with E-state index in [0.717, 1.165) is 5.56 Å². The van der Waals surface area contributed by atoms with E-state index in [4.69, 9.17) is 10.8 Å². The topological polar surface area (TPSA) is 98.2 Å². The highest BCUT2D eigenvalue weighted by atomic mass is 16.4. The lowest BCUT2D eigenvalue weighted by molar-refractivity contribution is 0.0687. The van der Waals surface area contributed by atoms with Gasteiger partial charge in [-0.05, 0) is 12.1 Å². The summed E-state index contributed by atoms with van der Waals surface area (Å²) in [4.78, 5) is 23.3. The van der Waals surface area contributed by atoms with Gasteiger partial charge in [0, 0.05) is 11.6 Å². The Morgan fingerprint density at radius 1 is 1.04 bits per heavy atom. The Bertz CT molecular complexity index is 933. The van der Waals surface area contributed by atoms with Crippen molar-refractivity contribution >= 4 is 11.7 Å². The van der Waals surface area contributed by atoms with Crippen LogP contribution in [0.1, 0.15) is 10.5 Å². The number of aromatic nitrogens is 2. The smallest absolute Gasteiger partial charge is 0.360 e. The van der Waals surface area contributed by atoms with E-state index < -0.39 is 17.1 Å². The van der Waals surface area contributed by atoms with Crippen molar-refractivity contribution < 1.29 is 9.90 Å².